The zero-order chi connectivity index (χ0) is 30.3. The van der Waals surface area contributed by atoms with Crippen LogP contribution in [0.5, 0.6) is 5.75 Å². The number of piperidine rings is 1. The lowest BCUT2D eigenvalue weighted by atomic mass is 9.94. The Bertz CT molecular complexity index is 1390. The fourth-order valence-corrected chi connectivity index (χ4v) is 5.87. The van der Waals surface area contributed by atoms with Gasteiger partial charge in [-0.25, -0.2) is 15.0 Å². The Morgan fingerprint density at radius 3 is 2.70 bits per heavy atom. The predicted molar refractivity (Wildman–Crippen MR) is 171 cm³/mol. The number of fused-ring (bicyclic) bond motifs is 1. The maximum atomic E-state index is 12.9. The molecule has 0 unspecified atom stereocenters. The summed E-state index contributed by atoms with van der Waals surface area (Å²) >= 11 is 0. The van der Waals surface area contributed by atoms with Crippen molar-refractivity contribution in [2.24, 2.45) is 5.92 Å². The molecule has 1 fully saturated rings. The number of likely N-dealkylation sites (tertiary alicyclic amines) is 1. The Labute approximate surface area is 265 Å². The zero-order valence-electron chi connectivity index (χ0n) is 25.8. The number of aliphatic hydroxyl groups is 1. The van der Waals surface area contributed by atoms with Gasteiger partial charge in [0, 0.05) is 57.2 Å². The number of hydrogen-bond acceptors (Lipinski definition) is 10. The Hall–Kier alpha value is -3.48. The predicted octanol–water partition coefficient (Wildman–Crippen LogP) is 3.91. The molecule has 1 saturated heterocycles. The SMILES string of the molecule is Cc1c(OCc2cnco2)ccc2c1CCN(C[C@@H](O)CCC(=O)c1cc(NC3CCN(C(=O)C(C)C)CC3)ncn1)C2.S. The number of aliphatic hydroxyl groups excluding tert-OH is 1. The largest absolute Gasteiger partial charge is 0.485 e. The molecule has 12 heteroatoms. The van der Waals surface area contributed by atoms with Crippen LogP contribution in [0.2, 0.25) is 0 Å². The summed E-state index contributed by atoms with van der Waals surface area (Å²) in [5, 5.41) is 14.2. The Balaban J connectivity index is 0.00000442. The first-order valence-electron chi connectivity index (χ1n) is 15.2. The van der Waals surface area contributed by atoms with Crippen molar-refractivity contribution in [2.45, 2.75) is 78.2 Å². The summed E-state index contributed by atoms with van der Waals surface area (Å²) in [5.74, 6) is 2.22. The highest BCUT2D eigenvalue weighted by Gasteiger charge is 2.25. The van der Waals surface area contributed by atoms with Gasteiger partial charge in [0.1, 0.15) is 30.2 Å². The topological polar surface area (TPSA) is 134 Å². The lowest BCUT2D eigenvalue weighted by Gasteiger charge is -2.33. The number of Topliss-reactive ketones (excluding diaryl/α,β-unsaturated/α-hetero) is 1. The van der Waals surface area contributed by atoms with Gasteiger partial charge in [0.15, 0.2) is 17.9 Å². The Morgan fingerprint density at radius 1 is 1.18 bits per heavy atom. The van der Waals surface area contributed by atoms with Crippen molar-refractivity contribution in [2.75, 3.05) is 31.5 Å². The van der Waals surface area contributed by atoms with E-state index in [0.717, 1.165) is 43.7 Å². The molecule has 0 aliphatic carbocycles. The van der Waals surface area contributed by atoms with Gasteiger partial charge in [-0.3, -0.25) is 14.5 Å². The molecule has 5 rings (SSSR count). The van der Waals surface area contributed by atoms with Gasteiger partial charge in [0.25, 0.3) is 0 Å². The third-order valence-electron chi connectivity index (χ3n) is 8.35. The number of β-amino-alcohol motifs (C(OH)–C–C–N with tert-alkyl or cyclic N) is 1. The van der Waals surface area contributed by atoms with Crippen LogP contribution in [-0.2, 0) is 24.4 Å². The second-order valence-electron chi connectivity index (χ2n) is 11.9. The van der Waals surface area contributed by atoms with Crippen LogP contribution in [0.3, 0.4) is 0 Å². The summed E-state index contributed by atoms with van der Waals surface area (Å²) in [4.78, 5) is 41.7. The van der Waals surface area contributed by atoms with E-state index >= 15 is 0 Å². The summed E-state index contributed by atoms with van der Waals surface area (Å²) in [6.07, 6.45) is 6.94. The van der Waals surface area contributed by atoms with E-state index < -0.39 is 6.10 Å². The van der Waals surface area contributed by atoms with Crippen molar-refractivity contribution >= 4 is 31.0 Å². The Morgan fingerprint density at radius 2 is 1.98 bits per heavy atom. The minimum absolute atomic E-state index is 0. The molecule has 0 saturated carbocycles. The number of ketones is 1. The number of aromatic nitrogens is 3. The monoisotopic (exact) mass is 624 g/mol. The number of ether oxygens (including phenoxy) is 1. The van der Waals surface area contributed by atoms with Crippen LogP contribution in [0.15, 0.2) is 41.5 Å². The number of nitrogens with zero attached hydrogens (tertiary/aromatic N) is 5. The maximum absolute atomic E-state index is 12.9. The molecule has 0 radical (unpaired) electrons. The van der Waals surface area contributed by atoms with Gasteiger partial charge in [-0.2, -0.15) is 13.5 Å². The number of hydrogen-bond donors (Lipinski definition) is 2. The number of amides is 1. The fraction of sp³-hybridized carbons (Fsp3) is 0.531. The van der Waals surface area contributed by atoms with Gasteiger partial charge in [-0.1, -0.05) is 19.9 Å². The minimum Gasteiger partial charge on any atom is -0.485 e. The van der Waals surface area contributed by atoms with E-state index in [2.05, 4.69) is 38.2 Å². The van der Waals surface area contributed by atoms with Crippen molar-refractivity contribution in [1.82, 2.24) is 24.8 Å². The molecule has 2 aromatic heterocycles. The third-order valence-corrected chi connectivity index (χ3v) is 8.35. The van der Waals surface area contributed by atoms with Crippen LogP contribution in [0.1, 0.15) is 72.5 Å². The molecule has 238 valence electrons. The lowest BCUT2D eigenvalue weighted by Crippen LogP contribution is -2.44. The summed E-state index contributed by atoms with van der Waals surface area (Å²) in [5.41, 5.74) is 4.00. The van der Waals surface area contributed by atoms with Crippen LogP contribution >= 0.6 is 13.5 Å². The fourth-order valence-electron chi connectivity index (χ4n) is 5.87. The number of carbonyl (C=O) groups is 2. The first-order valence-corrected chi connectivity index (χ1v) is 15.2. The average Bonchev–Trinajstić information content (AvgIpc) is 3.53. The highest BCUT2D eigenvalue weighted by Crippen LogP contribution is 2.30. The van der Waals surface area contributed by atoms with E-state index in [0.29, 0.717) is 49.9 Å². The van der Waals surface area contributed by atoms with Crippen molar-refractivity contribution in [3.63, 3.8) is 0 Å². The molecule has 2 aliphatic rings. The molecule has 0 bridgehead atoms. The molecular weight excluding hydrogens is 580 g/mol. The number of anilines is 1. The molecule has 1 atom stereocenters. The number of rotatable bonds is 12. The van der Waals surface area contributed by atoms with Gasteiger partial charge in [0.05, 0.1) is 12.3 Å². The first-order chi connectivity index (χ1) is 20.8. The van der Waals surface area contributed by atoms with E-state index in [4.69, 9.17) is 9.15 Å². The van der Waals surface area contributed by atoms with Gasteiger partial charge in [-0.05, 0) is 55.4 Å². The Kier molecular flexibility index (Phi) is 11.8. The van der Waals surface area contributed by atoms with Crippen molar-refractivity contribution < 1.29 is 23.8 Å². The summed E-state index contributed by atoms with van der Waals surface area (Å²) in [6, 6.07) is 5.96. The highest BCUT2D eigenvalue weighted by molar-refractivity contribution is 7.59. The van der Waals surface area contributed by atoms with Gasteiger partial charge >= 0.3 is 0 Å². The molecule has 2 aliphatic heterocycles. The molecule has 11 nitrogen and oxygen atoms in total. The molecule has 1 amide bonds. The number of benzene rings is 1. The standard InChI is InChI=1S/C32H42N6O5.H2S/c1-21(2)32(41)38-12-8-24(9-13-38)36-31-14-28(34-19-35-31)29(40)6-5-25(39)17-37-11-10-27-22(3)30(7-4-23(27)16-37)42-18-26-15-33-20-43-26;/h4,7,14-15,19-21,24-25,39H,5-6,8-13,16-18H2,1-3H3,(H,34,35,36);1H2/t25-;/m0./s1. The molecule has 44 heavy (non-hydrogen) atoms. The maximum Gasteiger partial charge on any atom is 0.225 e. The van der Waals surface area contributed by atoms with Crippen LogP contribution in [0.25, 0.3) is 0 Å². The summed E-state index contributed by atoms with van der Waals surface area (Å²) in [7, 11) is 0. The normalized spacial score (nSPS) is 16.2. The second kappa shape index (κ2) is 15.5. The average molecular weight is 625 g/mol. The minimum atomic E-state index is -0.616. The number of nitrogens with one attached hydrogen (secondary N) is 1. The van der Waals surface area contributed by atoms with Crippen LogP contribution < -0.4 is 10.1 Å². The van der Waals surface area contributed by atoms with Crippen molar-refractivity contribution in [3.8, 4) is 5.75 Å². The van der Waals surface area contributed by atoms with Gasteiger partial charge in [0.2, 0.25) is 5.91 Å². The van der Waals surface area contributed by atoms with Crippen molar-refractivity contribution in [3.05, 3.63) is 65.3 Å². The van der Waals surface area contributed by atoms with E-state index in [9.17, 15) is 14.7 Å². The third kappa shape index (κ3) is 8.58. The molecule has 1 aromatic carbocycles. The van der Waals surface area contributed by atoms with Crippen LogP contribution in [0.4, 0.5) is 5.82 Å². The molecule has 3 aromatic rings. The first kappa shape index (κ1) is 33.4. The molecule has 4 heterocycles. The van der Waals surface area contributed by atoms with E-state index in [1.54, 1.807) is 12.3 Å². The van der Waals surface area contributed by atoms with Crippen molar-refractivity contribution in [1.29, 1.82) is 0 Å². The zero-order valence-corrected chi connectivity index (χ0v) is 26.8. The van der Waals surface area contributed by atoms with Crippen LogP contribution in [-0.4, -0.2) is 79.9 Å². The van der Waals surface area contributed by atoms with Gasteiger partial charge < -0.3 is 24.5 Å². The number of carbonyl (C=O) groups excluding carboxylic acids is 2. The number of oxazole rings is 1. The molecular formula is C32H44N6O5S. The quantitative estimate of drug-likeness (QED) is 0.286. The van der Waals surface area contributed by atoms with E-state index in [1.807, 2.05) is 24.8 Å². The summed E-state index contributed by atoms with van der Waals surface area (Å²) < 4.78 is 11.2. The second-order valence-corrected chi connectivity index (χ2v) is 11.9. The van der Waals surface area contributed by atoms with Crippen LogP contribution in [0, 0.1) is 12.8 Å². The summed E-state index contributed by atoms with van der Waals surface area (Å²) in [6.45, 7) is 9.77. The molecule has 0 spiro atoms. The van der Waals surface area contributed by atoms with E-state index in [1.165, 1.54) is 23.8 Å². The lowest BCUT2D eigenvalue weighted by molar-refractivity contribution is -0.135. The molecule has 2 N–H and O–H groups in total. The smallest absolute Gasteiger partial charge is 0.225 e. The van der Waals surface area contributed by atoms with E-state index in [-0.39, 0.29) is 43.6 Å². The highest BCUT2D eigenvalue weighted by atomic mass is 32.1. The van der Waals surface area contributed by atoms with Gasteiger partial charge in [-0.15, -0.1) is 0 Å².